The number of aliphatic hydroxyl groups excluding tert-OH is 1. The van der Waals surface area contributed by atoms with E-state index in [9.17, 15) is 34.8 Å². The lowest BCUT2D eigenvalue weighted by molar-refractivity contribution is -0.278. The van der Waals surface area contributed by atoms with Crippen LogP contribution in [0.1, 0.15) is 0 Å². The maximum absolute atomic E-state index is 13.8. The van der Waals surface area contributed by atoms with Gasteiger partial charge in [-0.3, -0.25) is 0 Å². The first-order valence-corrected chi connectivity index (χ1v) is 7.96. The molecule has 2 N–H and O–H groups in total. The van der Waals surface area contributed by atoms with Gasteiger partial charge < -0.3 is 5.11 Å². The van der Waals surface area contributed by atoms with E-state index in [1.54, 1.807) is 0 Å². The van der Waals surface area contributed by atoms with Gasteiger partial charge >= 0.3 is 6.18 Å². The topological polar surface area (TPSA) is 66.4 Å². The van der Waals surface area contributed by atoms with E-state index < -0.39 is 45.2 Å². The van der Waals surface area contributed by atoms with Crippen LogP contribution < -0.4 is 4.72 Å². The van der Waals surface area contributed by atoms with Gasteiger partial charge in [0.05, 0.1) is 17.0 Å². The Balaban J connectivity index is 3.21. The molecule has 22 heavy (non-hydrogen) atoms. The summed E-state index contributed by atoms with van der Waals surface area (Å²) in [6, 6.07) is -1.15. The van der Waals surface area contributed by atoms with Crippen LogP contribution in [-0.2, 0) is 10.0 Å². The molecule has 128 valence electrons. The second-order valence-corrected chi connectivity index (χ2v) is 7.64. The van der Waals surface area contributed by atoms with Crippen LogP contribution >= 0.6 is 22.9 Å². The first-order valence-electron chi connectivity index (χ1n) is 5.28. The second-order valence-electron chi connectivity index (χ2n) is 3.98. The number of alkyl halides is 6. The molecule has 2 atom stereocenters. The van der Waals surface area contributed by atoms with Gasteiger partial charge in [0, 0.05) is 0 Å². The van der Waals surface area contributed by atoms with Crippen molar-refractivity contribution in [1.29, 1.82) is 0 Å². The molecule has 4 nitrogen and oxygen atoms in total. The van der Waals surface area contributed by atoms with Crippen LogP contribution in [0.15, 0.2) is 16.3 Å². The first kappa shape index (κ1) is 19.5. The molecule has 0 spiro atoms. The Morgan fingerprint density at radius 3 is 2.14 bits per heavy atom. The summed E-state index contributed by atoms with van der Waals surface area (Å²) in [5.74, 6) is 0. The predicted molar refractivity (Wildman–Crippen MR) is 66.4 cm³/mol. The summed E-state index contributed by atoms with van der Waals surface area (Å²) >= 11 is 5.87. The van der Waals surface area contributed by atoms with Gasteiger partial charge in [0.25, 0.3) is 22.1 Å². The zero-order valence-electron chi connectivity index (χ0n) is 10.2. The van der Waals surface area contributed by atoms with Crippen molar-refractivity contribution in [2.24, 2.45) is 0 Å². The number of halogens is 7. The molecule has 1 rings (SSSR count). The van der Waals surface area contributed by atoms with Crippen LogP contribution in [0.5, 0.6) is 0 Å². The first-order chi connectivity index (χ1) is 9.86. The highest BCUT2D eigenvalue weighted by atomic mass is 35.5. The number of rotatable bonds is 6. The van der Waals surface area contributed by atoms with E-state index in [4.69, 9.17) is 16.7 Å². The smallest absolute Gasteiger partial charge is 0.395 e. The van der Waals surface area contributed by atoms with Gasteiger partial charge in [-0.2, -0.15) is 13.2 Å². The molecule has 13 heteroatoms. The Kier molecular flexibility index (Phi) is 5.77. The predicted octanol–water partition coefficient (Wildman–Crippen LogP) is 2.58. The van der Waals surface area contributed by atoms with Gasteiger partial charge in [0.15, 0.2) is 0 Å². The quantitative estimate of drug-likeness (QED) is 0.732. The van der Waals surface area contributed by atoms with Crippen molar-refractivity contribution in [2.45, 2.75) is 28.5 Å². The second kappa shape index (κ2) is 6.51. The van der Waals surface area contributed by atoms with Gasteiger partial charge in [-0.25, -0.2) is 26.3 Å². The van der Waals surface area contributed by atoms with Gasteiger partial charge in [-0.1, -0.05) is 11.6 Å². The Labute approximate surface area is 129 Å². The standard InChI is InChI=1S/C9H8ClF6NO3S2/c10-5-1-2-6(21-5)22(19,20)17-4(3-18)8(13,7(11)12)9(14,15)16/h1-2,4,7,17-18H,3H2/t4-,8?/m0/s1. The van der Waals surface area contributed by atoms with Gasteiger partial charge in [-0.05, 0) is 12.1 Å². The van der Waals surface area contributed by atoms with E-state index in [1.165, 1.54) is 0 Å². The minimum absolute atomic E-state index is 0.0443. The Morgan fingerprint density at radius 1 is 1.27 bits per heavy atom. The molecule has 0 bridgehead atoms. The summed E-state index contributed by atoms with van der Waals surface area (Å²) in [5, 5.41) is 8.77. The summed E-state index contributed by atoms with van der Waals surface area (Å²) in [6.07, 6.45) is -10.7. The number of hydrogen-bond acceptors (Lipinski definition) is 4. The van der Waals surface area contributed by atoms with Gasteiger partial charge in [0.2, 0.25) is 0 Å². The average Bonchev–Trinajstić information content (AvgIpc) is 2.81. The summed E-state index contributed by atoms with van der Waals surface area (Å²) in [5.41, 5.74) is -5.25. The van der Waals surface area contributed by atoms with Crippen molar-refractivity contribution >= 4 is 33.0 Å². The summed E-state index contributed by atoms with van der Waals surface area (Å²) in [7, 11) is -4.78. The molecule has 0 aliphatic rings. The summed E-state index contributed by atoms with van der Waals surface area (Å²) in [4.78, 5) is 0. The molecule has 0 aromatic carbocycles. The van der Waals surface area contributed by atoms with Gasteiger partial charge in [0.1, 0.15) is 4.21 Å². The highest BCUT2D eigenvalue weighted by Crippen LogP contribution is 2.42. The highest BCUT2D eigenvalue weighted by Gasteiger charge is 2.67. The van der Waals surface area contributed by atoms with E-state index in [2.05, 4.69) is 0 Å². The molecule has 1 aromatic rings. The number of hydrogen-bond donors (Lipinski definition) is 2. The summed E-state index contributed by atoms with van der Waals surface area (Å²) in [6.45, 7) is -1.83. The number of nitrogens with one attached hydrogen (secondary N) is 1. The lowest BCUT2D eigenvalue weighted by Crippen LogP contribution is -2.63. The summed E-state index contributed by atoms with van der Waals surface area (Å²) < 4.78 is 100. The van der Waals surface area contributed by atoms with Crippen LogP contribution in [0.2, 0.25) is 4.34 Å². The maximum Gasteiger partial charge on any atom is 0.429 e. The molecule has 0 saturated heterocycles. The van der Waals surface area contributed by atoms with Crippen LogP contribution in [0.3, 0.4) is 0 Å². The van der Waals surface area contributed by atoms with Crippen LogP contribution in [0.25, 0.3) is 0 Å². The van der Waals surface area contributed by atoms with Crippen molar-refractivity contribution in [3.63, 3.8) is 0 Å². The normalized spacial score (nSPS) is 17.5. The largest absolute Gasteiger partial charge is 0.429 e. The molecule has 1 unspecified atom stereocenters. The van der Waals surface area contributed by atoms with Crippen LogP contribution in [-0.4, -0.2) is 44.4 Å². The zero-order chi connectivity index (χ0) is 17.3. The molecule has 0 fully saturated rings. The van der Waals surface area contributed by atoms with Gasteiger partial charge in [-0.15, -0.1) is 11.3 Å². The third-order valence-corrected chi connectivity index (χ3v) is 5.75. The maximum atomic E-state index is 13.8. The molecule has 0 radical (unpaired) electrons. The fourth-order valence-corrected chi connectivity index (χ4v) is 4.17. The Hall–Kier alpha value is -0.560. The molecule has 1 heterocycles. The van der Waals surface area contributed by atoms with Crippen molar-refractivity contribution in [2.75, 3.05) is 6.61 Å². The van der Waals surface area contributed by atoms with Crippen molar-refractivity contribution < 1.29 is 39.9 Å². The SMILES string of the molecule is O=S(=O)(N[C@@H](CO)C(F)(C(F)F)C(F)(F)F)c1ccc(Cl)s1. The molecule has 0 aliphatic heterocycles. The zero-order valence-corrected chi connectivity index (χ0v) is 12.6. The number of aliphatic hydroxyl groups is 1. The van der Waals surface area contributed by atoms with E-state index in [0.29, 0.717) is 11.3 Å². The Bertz CT molecular complexity index is 619. The molecule has 0 aliphatic carbocycles. The highest BCUT2D eigenvalue weighted by molar-refractivity contribution is 7.91. The van der Waals surface area contributed by atoms with E-state index >= 15 is 0 Å². The molecule has 0 saturated carbocycles. The number of sulfonamides is 1. The molecule has 0 amide bonds. The monoisotopic (exact) mass is 391 g/mol. The fourth-order valence-electron chi connectivity index (χ4n) is 1.42. The van der Waals surface area contributed by atoms with Crippen LogP contribution in [0.4, 0.5) is 26.3 Å². The third-order valence-electron chi connectivity index (χ3n) is 2.55. The van der Waals surface area contributed by atoms with E-state index in [-0.39, 0.29) is 4.34 Å². The van der Waals surface area contributed by atoms with E-state index in [0.717, 1.165) is 16.9 Å². The Morgan fingerprint density at radius 2 is 1.82 bits per heavy atom. The van der Waals surface area contributed by atoms with Crippen molar-refractivity contribution in [3.8, 4) is 0 Å². The molecule has 1 aromatic heterocycles. The minimum Gasteiger partial charge on any atom is -0.395 e. The van der Waals surface area contributed by atoms with E-state index in [1.807, 2.05) is 0 Å². The minimum atomic E-state index is -6.11. The van der Waals surface area contributed by atoms with Crippen molar-refractivity contribution in [3.05, 3.63) is 16.5 Å². The van der Waals surface area contributed by atoms with Crippen LogP contribution in [0, 0.1) is 0 Å². The lowest BCUT2D eigenvalue weighted by atomic mass is 9.97. The lowest BCUT2D eigenvalue weighted by Gasteiger charge is -2.33. The number of thiophene rings is 1. The molecular formula is C9H8ClF6NO3S2. The molecular weight excluding hydrogens is 384 g/mol. The van der Waals surface area contributed by atoms with Crippen molar-refractivity contribution in [1.82, 2.24) is 4.72 Å². The third kappa shape index (κ3) is 3.67. The fraction of sp³-hybridized carbons (Fsp3) is 0.556. The average molecular weight is 392 g/mol.